The fourth-order valence-corrected chi connectivity index (χ4v) is 1.47. The van der Waals surface area contributed by atoms with Gasteiger partial charge in [-0.3, -0.25) is 9.48 Å². The molecule has 2 N–H and O–H groups in total. The van der Waals surface area contributed by atoms with Gasteiger partial charge in [-0.25, -0.2) is 0 Å². The number of aromatic nitrogens is 2. The van der Waals surface area contributed by atoms with E-state index in [1.54, 1.807) is 0 Å². The molecule has 19 heavy (non-hydrogen) atoms. The fraction of sp³-hybridized carbons (Fsp3) is 0.636. The molecule has 0 saturated heterocycles. The molecule has 0 fully saturated rings. The first kappa shape index (κ1) is 15.5. The van der Waals surface area contributed by atoms with Crippen LogP contribution in [0.25, 0.3) is 0 Å². The Bertz CT molecular complexity index is 418. The van der Waals surface area contributed by atoms with Crippen LogP contribution >= 0.6 is 0 Å². The quantitative estimate of drug-likeness (QED) is 0.821. The molecule has 1 heterocycles. The van der Waals surface area contributed by atoms with Crippen molar-refractivity contribution in [3.63, 3.8) is 0 Å². The summed E-state index contributed by atoms with van der Waals surface area (Å²) in [5, 5.41) is 15.1. The highest BCUT2D eigenvalue weighted by atomic mass is 19.4. The van der Waals surface area contributed by atoms with Gasteiger partial charge < -0.3 is 10.4 Å². The van der Waals surface area contributed by atoms with E-state index in [0.29, 0.717) is 6.42 Å². The van der Waals surface area contributed by atoms with Crippen LogP contribution in [0, 0.1) is 0 Å². The molecule has 0 radical (unpaired) electrons. The number of rotatable bonds is 6. The summed E-state index contributed by atoms with van der Waals surface area (Å²) < 4.78 is 37.7. The van der Waals surface area contributed by atoms with E-state index in [0.717, 1.165) is 23.4 Å². The molecule has 0 saturated carbocycles. The van der Waals surface area contributed by atoms with Gasteiger partial charge in [-0.2, -0.15) is 18.3 Å². The first-order valence-corrected chi connectivity index (χ1v) is 5.88. The Morgan fingerprint density at radius 3 is 2.79 bits per heavy atom. The number of carbonyl (C=O) groups excluding carboxylic acids is 1. The summed E-state index contributed by atoms with van der Waals surface area (Å²) in [6.45, 7) is 1.67. The van der Waals surface area contributed by atoms with E-state index < -0.39 is 23.9 Å². The molecule has 0 bridgehead atoms. The van der Waals surface area contributed by atoms with Crippen LogP contribution in [-0.4, -0.2) is 33.4 Å². The molecule has 5 nitrogen and oxygen atoms in total. The highest BCUT2D eigenvalue weighted by Gasteiger charge is 2.33. The topological polar surface area (TPSA) is 67.2 Å². The monoisotopic (exact) mass is 279 g/mol. The summed E-state index contributed by atoms with van der Waals surface area (Å²) in [4.78, 5) is 11.4. The second-order valence-electron chi connectivity index (χ2n) is 4.14. The zero-order valence-electron chi connectivity index (χ0n) is 10.4. The van der Waals surface area contributed by atoms with Crippen LogP contribution in [0.4, 0.5) is 13.2 Å². The Hall–Kier alpha value is -1.57. The third-order valence-electron chi connectivity index (χ3n) is 2.39. The van der Waals surface area contributed by atoms with Crippen molar-refractivity contribution in [2.45, 2.75) is 38.6 Å². The molecule has 1 aromatic rings. The summed E-state index contributed by atoms with van der Waals surface area (Å²) in [5.74, 6) is -0.494. The second-order valence-corrected chi connectivity index (χ2v) is 4.14. The van der Waals surface area contributed by atoms with Crippen LogP contribution in [0.1, 0.15) is 25.5 Å². The predicted octanol–water partition coefficient (Wildman–Crippen LogP) is 1.18. The minimum atomic E-state index is -4.51. The van der Waals surface area contributed by atoms with E-state index in [9.17, 15) is 23.1 Å². The Balaban J connectivity index is 2.42. The first-order chi connectivity index (χ1) is 8.82. The fourth-order valence-electron chi connectivity index (χ4n) is 1.47. The van der Waals surface area contributed by atoms with Crippen molar-refractivity contribution in [3.8, 4) is 0 Å². The lowest BCUT2D eigenvalue weighted by molar-refractivity contribution is -0.141. The predicted molar refractivity (Wildman–Crippen MR) is 61.2 cm³/mol. The van der Waals surface area contributed by atoms with Gasteiger partial charge in [0, 0.05) is 12.7 Å². The number of hydrogen-bond acceptors (Lipinski definition) is 3. The van der Waals surface area contributed by atoms with Gasteiger partial charge in [-0.15, -0.1) is 0 Å². The normalized spacial score (nSPS) is 13.3. The summed E-state index contributed by atoms with van der Waals surface area (Å²) in [6.07, 6.45) is -2.73. The van der Waals surface area contributed by atoms with Gasteiger partial charge in [0.15, 0.2) is 5.69 Å². The van der Waals surface area contributed by atoms with Gasteiger partial charge >= 0.3 is 6.18 Å². The number of amides is 1. The lowest BCUT2D eigenvalue weighted by Crippen LogP contribution is -2.34. The van der Waals surface area contributed by atoms with E-state index in [2.05, 4.69) is 10.4 Å². The number of alkyl halides is 3. The van der Waals surface area contributed by atoms with Crippen LogP contribution in [0.3, 0.4) is 0 Å². The Morgan fingerprint density at radius 2 is 2.26 bits per heavy atom. The zero-order valence-corrected chi connectivity index (χ0v) is 10.4. The average Bonchev–Trinajstić information content (AvgIpc) is 2.75. The summed E-state index contributed by atoms with van der Waals surface area (Å²) in [6, 6.07) is 0.805. The highest BCUT2D eigenvalue weighted by Crippen LogP contribution is 2.27. The first-order valence-electron chi connectivity index (χ1n) is 5.88. The van der Waals surface area contributed by atoms with E-state index in [4.69, 9.17) is 0 Å². The van der Waals surface area contributed by atoms with Crippen LogP contribution in [-0.2, 0) is 17.5 Å². The third kappa shape index (κ3) is 5.29. The maximum Gasteiger partial charge on any atom is 0.435 e. The number of halogens is 3. The largest absolute Gasteiger partial charge is 0.435 e. The van der Waals surface area contributed by atoms with Crippen LogP contribution in [0.5, 0.6) is 0 Å². The van der Waals surface area contributed by atoms with Gasteiger partial charge in [0.1, 0.15) is 6.54 Å². The number of nitrogens with zero attached hydrogens (tertiary/aromatic N) is 2. The molecule has 1 amide bonds. The average molecular weight is 279 g/mol. The van der Waals surface area contributed by atoms with Gasteiger partial charge in [0.25, 0.3) is 0 Å². The van der Waals surface area contributed by atoms with Crippen LogP contribution < -0.4 is 5.32 Å². The van der Waals surface area contributed by atoms with Crippen molar-refractivity contribution in [1.29, 1.82) is 0 Å². The van der Waals surface area contributed by atoms with Gasteiger partial charge in [-0.1, -0.05) is 13.3 Å². The molecule has 0 aliphatic carbocycles. The molecular formula is C11H16F3N3O2. The maximum atomic E-state index is 12.3. The molecule has 1 atom stereocenters. The highest BCUT2D eigenvalue weighted by molar-refractivity contribution is 5.75. The smallest absolute Gasteiger partial charge is 0.391 e. The molecule has 0 spiro atoms. The number of hydrogen-bond donors (Lipinski definition) is 2. The molecule has 0 aromatic carbocycles. The number of carbonyl (C=O) groups is 1. The summed E-state index contributed by atoms with van der Waals surface area (Å²) >= 11 is 0. The molecule has 108 valence electrons. The van der Waals surface area contributed by atoms with Gasteiger partial charge in [0.2, 0.25) is 5.91 Å². The summed E-state index contributed by atoms with van der Waals surface area (Å²) in [7, 11) is 0. The Labute approximate surface area is 108 Å². The molecule has 1 rings (SSSR count). The second kappa shape index (κ2) is 6.55. The van der Waals surface area contributed by atoms with Crippen molar-refractivity contribution in [2.24, 2.45) is 0 Å². The zero-order chi connectivity index (χ0) is 14.5. The molecule has 0 aliphatic rings. The SMILES string of the molecule is CCCC(O)CNC(=O)Cn1ccc(C(F)(F)F)n1. The van der Waals surface area contributed by atoms with E-state index in [-0.39, 0.29) is 13.1 Å². The van der Waals surface area contributed by atoms with Crippen LogP contribution in [0.15, 0.2) is 12.3 Å². The third-order valence-corrected chi connectivity index (χ3v) is 2.39. The van der Waals surface area contributed by atoms with Crippen LogP contribution in [0.2, 0.25) is 0 Å². The standard InChI is InChI=1S/C11H16F3N3O2/c1-2-3-8(18)6-15-10(19)7-17-5-4-9(16-17)11(12,13)14/h4-5,8,18H,2-3,6-7H2,1H3,(H,15,19). The number of aliphatic hydroxyl groups is 1. The van der Waals surface area contributed by atoms with Crippen molar-refractivity contribution < 1.29 is 23.1 Å². The molecule has 1 unspecified atom stereocenters. The minimum Gasteiger partial charge on any atom is -0.391 e. The number of nitrogens with one attached hydrogen (secondary N) is 1. The number of aliphatic hydroxyl groups excluding tert-OH is 1. The van der Waals surface area contributed by atoms with Crippen molar-refractivity contribution in [2.75, 3.05) is 6.54 Å². The molecular weight excluding hydrogens is 263 g/mol. The van der Waals surface area contributed by atoms with Gasteiger partial charge in [-0.05, 0) is 12.5 Å². The van der Waals surface area contributed by atoms with E-state index >= 15 is 0 Å². The minimum absolute atomic E-state index is 0.0834. The van der Waals surface area contributed by atoms with E-state index in [1.807, 2.05) is 6.92 Å². The Kier molecular flexibility index (Phi) is 5.34. The lowest BCUT2D eigenvalue weighted by Gasteiger charge is -2.10. The van der Waals surface area contributed by atoms with E-state index in [1.165, 1.54) is 0 Å². The summed E-state index contributed by atoms with van der Waals surface area (Å²) in [5.41, 5.74) is -1.04. The van der Waals surface area contributed by atoms with Crippen molar-refractivity contribution in [1.82, 2.24) is 15.1 Å². The Morgan fingerprint density at radius 1 is 1.58 bits per heavy atom. The molecule has 1 aromatic heterocycles. The lowest BCUT2D eigenvalue weighted by atomic mass is 10.2. The van der Waals surface area contributed by atoms with Crippen molar-refractivity contribution >= 4 is 5.91 Å². The van der Waals surface area contributed by atoms with Gasteiger partial charge in [0.05, 0.1) is 6.10 Å². The molecule has 0 aliphatic heterocycles. The van der Waals surface area contributed by atoms with Crippen molar-refractivity contribution in [3.05, 3.63) is 18.0 Å². The molecule has 8 heteroatoms. The maximum absolute atomic E-state index is 12.3.